The van der Waals surface area contributed by atoms with Crippen molar-refractivity contribution in [2.24, 2.45) is 0 Å². The first-order valence-electron chi connectivity index (χ1n) is 7.17. The summed E-state index contributed by atoms with van der Waals surface area (Å²) in [4.78, 5) is 2.30. The van der Waals surface area contributed by atoms with Crippen LogP contribution in [0.4, 0.5) is 0 Å². The molecule has 1 aliphatic heterocycles. The zero-order chi connectivity index (χ0) is 13.2. The van der Waals surface area contributed by atoms with Crippen LogP contribution in [0.25, 0.3) is 0 Å². The molecule has 1 heterocycles. The fourth-order valence-electron chi connectivity index (χ4n) is 3.05. The predicted octanol–water partition coefficient (Wildman–Crippen LogP) is 1.76. The Labute approximate surface area is 110 Å². The molecule has 1 atom stereocenters. The van der Waals surface area contributed by atoms with Crippen LogP contribution in [0.1, 0.15) is 46.0 Å². The molecule has 1 saturated carbocycles. The standard InChI is InChI=1S/C14H27NO3/c1-4-13(2,16)11-15(3)12-5-7-14(8-6-12)17-9-10-18-14/h12,16H,4-11H2,1-3H3. The number of aliphatic hydroxyl groups is 1. The van der Waals surface area contributed by atoms with Crippen molar-refractivity contribution >= 4 is 0 Å². The molecule has 1 spiro atoms. The lowest BCUT2D eigenvalue weighted by Gasteiger charge is -2.40. The molecule has 18 heavy (non-hydrogen) atoms. The number of likely N-dealkylation sites (N-methyl/N-ethyl adjacent to an activating group) is 1. The highest BCUT2D eigenvalue weighted by atomic mass is 16.7. The number of rotatable bonds is 4. The van der Waals surface area contributed by atoms with Gasteiger partial charge >= 0.3 is 0 Å². The van der Waals surface area contributed by atoms with Crippen LogP contribution in [0.2, 0.25) is 0 Å². The highest BCUT2D eigenvalue weighted by Gasteiger charge is 2.41. The van der Waals surface area contributed by atoms with E-state index in [1.165, 1.54) is 0 Å². The van der Waals surface area contributed by atoms with Crippen LogP contribution < -0.4 is 0 Å². The van der Waals surface area contributed by atoms with Crippen molar-refractivity contribution in [1.29, 1.82) is 0 Å². The van der Waals surface area contributed by atoms with Gasteiger partial charge in [-0.1, -0.05) is 6.92 Å². The Morgan fingerprint density at radius 1 is 1.28 bits per heavy atom. The first kappa shape index (κ1) is 14.3. The molecule has 0 aromatic heterocycles. The van der Waals surface area contributed by atoms with E-state index in [2.05, 4.69) is 11.9 Å². The van der Waals surface area contributed by atoms with Gasteiger partial charge in [-0.05, 0) is 33.2 Å². The highest BCUT2D eigenvalue weighted by molar-refractivity contribution is 4.87. The third kappa shape index (κ3) is 3.23. The minimum atomic E-state index is -0.579. The van der Waals surface area contributed by atoms with Gasteiger partial charge in [-0.15, -0.1) is 0 Å². The summed E-state index contributed by atoms with van der Waals surface area (Å²) >= 11 is 0. The van der Waals surface area contributed by atoms with Crippen molar-refractivity contribution in [3.63, 3.8) is 0 Å². The Morgan fingerprint density at radius 3 is 2.33 bits per heavy atom. The third-order valence-corrected chi connectivity index (χ3v) is 4.51. The van der Waals surface area contributed by atoms with Gasteiger partial charge in [-0.2, -0.15) is 0 Å². The molecule has 2 rings (SSSR count). The summed E-state index contributed by atoms with van der Waals surface area (Å²) in [6.07, 6.45) is 4.94. The van der Waals surface area contributed by atoms with Crippen LogP contribution >= 0.6 is 0 Å². The molecule has 4 heteroatoms. The molecule has 1 N–H and O–H groups in total. The zero-order valence-corrected chi connectivity index (χ0v) is 11.9. The Hall–Kier alpha value is -0.160. The SMILES string of the molecule is CCC(C)(O)CN(C)C1CCC2(CC1)OCCO2. The normalized spacial score (nSPS) is 27.8. The monoisotopic (exact) mass is 257 g/mol. The Morgan fingerprint density at radius 2 is 1.83 bits per heavy atom. The van der Waals surface area contributed by atoms with E-state index in [4.69, 9.17) is 9.47 Å². The topological polar surface area (TPSA) is 41.9 Å². The Balaban J connectivity index is 1.82. The molecular weight excluding hydrogens is 230 g/mol. The number of nitrogens with zero attached hydrogens (tertiary/aromatic N) is 1. The second kappa shape index (κ2) is 5.45. The molecular formula is C14H27NO3. The van der Waals surface area contributed by atoms with Crippen molar-refractivity contribution in [2.75, 3.05) is 26.8 Å². The van der Waals surface area contributed by atoms with Gasteiger partial charge in [-0.3, -0.25) is 0 Å². The van der Waals surface area contributed by atoms with E-state index in [-0.39, 0.29) is 5.79 Å². The van der Waals surface area contributed by atoms with Crippen LogP contribution in [-0.2, 0) is 9.47 Å². The average molecular weight is 257 g/mol. The van der Waals surface area contributed by atoms with Crippen LogP contribution in [0.3, 0.4) is 0 Å². The lowest BCUT2D eigenvalue weighted by Crippen LogP contribution is -2.47. The maximum Gasteiger partial charge on any atom is 0.168 e. The summed E-state index contributed by atoms with van der Waals surface area (Å²) in [6, 6.07) is 0.543. The van der Waals surface area contributed by atoms with E-state index in [1.54, 1.807) is 0 Å². The summed E-state index contributed by atoms with van der Waals surface area (Å²) in [5.41, 5.74) is -0.579. The molecule has 0 bridgehead atoms. The molecule has 2 aliphatic rings. The van der Waals surface area contributed by atoms with Gasteiger partial charge < -0.3 is 19.5 Å². The van der Waals surface area contributed by atoms with E-state index < -0.39 is 5.60 Å². The molecule has 0 radical (unpaired) electrons. The van der Waals surface area contributed by atoms with Gasteiger partial charge in [-0.25, -0.2) is 0 Å². The van der Waals surface area contributed by atoms with Gasteiger partial charge in [0.25, 0.3) is 0 Å². The van der Waals surface area contributed by atoms with Crippen LogP contribution in [0.5, 0.6) is 0 Å². The molecule has 0 aromatic carbocycles. The summed E-state index contributed by atoms with van der Waals surface area (Å²) in [5.74, 6) is -0.273. The van der Waals surface area contributed by atoms with E-state index in [0.717, 1.165) is 51.9 Å². The van der Waals surface area contributed by atoms with Crippen molar-refractivity contribution in [2.45, 2.75) is 63.4 Å². The Kier molecular flexibility index (Phi) is 4.32. The van der Waals surface area contributed by atoms with Crippen molar-refractivity contribution in [1.82, 2.24) is 4.90 Å². The number of hydrogen-bond acceptors (Lipinski definition) is 4. The molecule has 106 valence electrons. The predicted molar refractivity (Wildman–Crippen MR) is 70.4 cm³/mol. The van der Waals surface area contributed by atoms with Crippen molar-refractivity contribution in [3.05, 3.63) is 0 Å². The molecule has 1 aliphatic carbocycles. The van der Waals surface area contributed by atoms with Gasteiger partial charge in [0, 0.05) is 25.4 Å². The fraction of sp³-hybridized carbons (Fsp3) is 1.00. The second-order valence-electron chi connectivity index (χ2n) is 6.10. The summed E-state index contributed by atoms with van der Waals surface area (Å²) in [6.45, 7) is 6.17. The van der Waals surface area contributed by atoms with Crippen molar-refractivity contribution < 1.29 is 14.6 Å². The van der Waals surface area contributed by atoms with Crippen LogP contribution in [-0.4, -0.2) is 54.2 Å². The maximum atomic E-state index is 10.1. The average Bonchev–Trinajstić information content (AvgIpc) is 2.78. The van der Waals surface area contributed by atoms with Gasteiger partial charge in [0.1, 0.15) is 0 Å². The van der Waals surface area contributed by atoms with E-state index in [1.807, 2.05) is 13.8 Å². The van der Waals surface area contributed by atoms with E-state index >= 15 is 0 Å². The fourth-order valence-corrected chi connectivity index (χ4v) is 3.05. The number of hydrogen-bond donors (Lipinski definition) is 1. The van der Waals surface area contributed by atoms with Gasteiger partial charge in [0.2, 0.25) is 0 Å². The second-order valence-corrected chi connectivity index (χ2v) is 6.10. The minimum absolute atomic E-state index is 0.273. The molecule has 0 amide bonds. The van der Waals surface area contributed by atoms with E-state index in [0.29, 0.717) is 6.04 Å². The zero-order valence-electron chi connectivity index (χ0n) is 11.9. The molecule has 1 unspecified atom stereocenters. The molecule has 0 aromatic rings. The quantitative estimate of drug-likeness (QED) is 0.833. The largest absolute Gasteiger partial charge is 0.389 e. The molecule has 2 fully saturated rings. The van der Waals surface area contributed by atoms with Crippen LogP contribution in [0.15, 0.2) is 0 Å². The first-order chi connectivity index (χ1) is 8.46. The minimum Gasteiger partial charge on any atom is -0.389 e. The van der Waals surface area contributed by atoms with Crippen molar-refractivity contribution in [3.8, 4) is 0 Å². The Bertz CT molecular complexity index is 264. The highest BCUT2D eigenvalue weighted by Crippen LogP contribution is 2.37. The summed E-state index contributed by atoms with van der Waals surface area (Å²) < 4.78 is 11.5. The summed E-state index contributed by atoms with van der Waals surface area (Å²) in [7, 11) is 2.11. The molecule has 1 saturated heterocycles. The maximum absolute atomic E-state index is 10.1. The van der Waals surface area contributed by atoms with E-state index in [9.17, 15) is 5.11 Å². The third-order valence-electron chi connectivity index (χ3n) is 4.51. The van der Waals surface area contributed by atoms with Gasteiger partial charge in [0.05, 0.1) is 18.8 Å². The first-order valence-corrected chi connectivity index (χ1v) is 7.17. The van der Waals surface area contributed by atoms with Crippen LogP contribution in [0, 0.1) is 0 Å². The number of ether oxygens (including phenoxy) is 2. The van der Waals surface area contributed by atoms with Gasteiger partial charge in [0.15, 0.2) is 5.79 Å². The lowest BCUT2D eigenvalue weighted by molar-refractivity contribution is -0.184. The summed E-state index contributed by atoms with van der Waals surface area (Å²) in [5, 5.41) is 10.1. The molecule has 4 nitrogen and oxygen atoms in total. The lowest BCUT2D eigenvalue weighted by atomic mass is 9.88. The smallest absolute Gasteiger partial charge is 0.168 e.